The molecule has 6 heteroatoms. The van der Waals surface area contributed by atoms with Gasteiger partial charge in [-0.1, -0.05) is 0 Å². The summed E-state index contributed by atoms with van der Waals surface area (Å²) < 4.78 is 5.47. The van der Waals surface area contributed by atoms with Crippen LogP contribution in [0.3, 0.4) is 0 Å². The Labute approximate surface area is 96.8 Å². The van der Waals surface area contributed by atoms with E-state index in [0.717, 1.165) is 12.8 Å². The van der Waals surface area contributed by atoms with Crippen LogP contribution in [0, 0.1) is 10.1 Å². The molecule has 0 atom stereocenters. The van der Waals surface area contributed by atoms with Gasteiger partial charge in [-0.05, 0) is 25.8 Å². The first-order chi connectivity index (χ1) is 8.06. The number of fused-ring (bicyclic) bond motifs is 1. The Morgan fingerprint density at radius 1 is 1.53 bits per heavy atom. The average Bonchev–Trinajstić information content (AvgIpc) is 2.86. The standard InChI is InChI=1S/C11H11N3O3/c1-11(4-5-11)13-10-12-8-6-7(14(15)16)2-3-9(8)17-10/h2-3,6H,4-5H2,1H3,(H,12,13). The summed E-state index contributed by atoms with van der Waals surface area (Å²) in [6.45, 7) is 2.09. The van der Waals surface area contributed by atoms with Gasteiger partial charge in [0.2, 0.25) is 0 Å². The van der Waals surface area contributed by atoms with E-state index in [1.165, 1.54) is 12.1 Å². The lowest BCUT2D eigenvalue weighted by Crippen LogP contribution is -2.15. The Balaban J connectivity index is 1.97. The number of hydrogen-bond acceptors (Lipinski definition) is 5. The van der Waals surface area contributed by atoms with E-state index in [1.807, 2.05) is 0 Å². The van der Waals surface area contributed by atoms with Crippen molar-refractivity contribution >= 4 is 22.8 Å². The molecule has 2 aromatic rings. The summed E-state index contributed by atoms with van der Waals surface area (Å²) in [5, 5.41) is 13.8. The van der Waals surface area contributed by atoms with E-state index in [9.17, 15) is 10.1 Å². The van der Waals surface area contributed by atoms with Crippen molar-refractivity contribution in [2.24, 2.45) is 0 Å². The van der Waals surface area contributed by atoms with Gasteiger partial charge in [-0.25, -0.2) is 0 Å². The third kappa shape index (κ3) is 1.82. The Morgan fingerprint density at radius 3 is 2.94 bits per heavy atom. The molecule has 0 bridgehead atoms. The van der Waals surface area contributed by atoms with Crippen LogP contribution in [-0.4, -0.2) is 15.4 Å². The number of nitrogens with one attached hydrogen (secondary N) is 1. The zero-order valence-electron chi connectivity index (χ0n) is 9.27. The molecular formula is C11H11N3O3. The van der Waals surface area contributed by atoms with Gasteiger partial charge in [-0.15, -0.1) is 0 Å². The van der Waals surface area contributed by atoms with Crippen molar-refractivity contribution in [3.8, 4) is 0 Å². The molecule has 1 aliphatic rings. The summed E-state index contributed by atoms with van der Waals surface area (Å²) in [6.07, 6.45) is 2.18. The lowest BCUT2D eigenvalue weighted by Gasteiger charge is -2.06. The molecule has 88 valence electrons. The molecule has 0 radical (unpaired) electrons. The van der Waals surface area contributed by atoms with Crippen LogP contribution in [0.5, 0.6) is 0 Å². The molecule has 1 aliphatic carbocycles. The summed E-state index contributed by atoms with van der Waals surface area (Å²) in [7, 11) is 0. The van der Waals surface area contributed by atoms with Crippen molar-refractivity contribution in [3.05, 3.63) is 28.3 Å². The maximum absolute atomic E-state index is 10.6. The van der Waals surface area contributed by atoms with Gasteiger partial charge in [0.05, 0.1) is 4.92 Å². The molecule has 0 saturated heterocycles. The van der Waals surface area contributed by atoms with Crippen molar-refractivity contribution in [1.82, 2.24) is 4.98 Å². The number of benzene rings is 1. The number of aromatic nitrogens is 1. The number of nitro groups is 1. The number of oxazole rings is 1. The molecule has 6 nitrogen and oxygen atoms in total. The number of non-ortho nitro benzene ring substituents is 1. The normalized spacial score (nSPS) is 17.0. The van der Waals surface area contributed by atoms with Crippen LogP contribution in [0.1, 0.15) is 19.8 Å². The van der Waals surface area contributed by atoms with E-state index < -0.39 is 4.92 Å². The minimum atomic E-state index is -0.441. The summed E-state index contributed by atoms with van der Waals surface area (Å²) in [4.78, 5) is 14.4. The molecule has 1 saturated carbocycles. The lowest BCUT2D eigenvalue weighted by atomic mass is 10.3. The van der Waals surface area contributed by atoms with Gasteiger partial charge in [0.1, 0.15) is 5.52 Å². The van der Waals surface area contributed by atoms with E-state index >= 15 is 0 Å². The number of hydrogen-bond donors (Lipinski definition) is 1. The van der Waals surface area contributed by atoms with Crippen molar-refractivity contribution in [2.75, 3.05) is 5.32 Å². The summed E-state index contributed by atoms with van der Waals surface area (Å²) in [6, 6.07) is 4.83. The summed E-state index contributed by atoms with van der Waals surface area (Å²) in [5.41, 5.74) is 1.16. The highest BCUT2D eigenvalue weighted by Gasteiger charge is 2.38. The molecule has 0 unspecified atom stereocenters. The van der Waals surface area contributed by atoms with Gasteiger partial charge >= 0.3 is 0 Å². The first-order valence-corrected chi connectivity index (χ1v) is 5.39. The Kier molecular flexibility index (Phi) is 1.89. The molecule has 1 N–H and O–H groups in total. The number of nitro benzene ring substituents is 1. The first-order valence-electron chi connectivity index (χ1n) is 5.39. The SMILES string of the molecule is CC1(Nc2nc3cc([N+](=O)[O-])ccc3o2)CC1. The minimum Gasteiger partial charge on any atom is -0.424 e. The van der Waals surface area contributed by atoms with Crippen LogP contribution in [0.25, 0.3) is 11.1 Å². The third-order valence-corrected chi connectivity index (χ3v) is 2.99. The van der Waals surface area contributed by atoms with E-state index in [0.29, 0.717) is 17.1 Å². The molecule has 17 heavy (non-hydrogen) atoms. The largest absolute Gasteiger partial charge is 0.424 e. The van der Waals surface area contributed by atoms with Crippen LogP contribution in [0.2, 0.25) is 0 Å². The maximum atomic E-state index is 10.6. The van der Waals surface area contributed by atoms with Gasteiger partial charge in [0.25, 0.3) is 11.7 Å². The van der Waals surface area contributed by atoms with Crippen LogP contribution < -0.4 is 5.32 Å². The molecular weight excluding hydrogens is 222 g/mol. The maximum Gasteiger partial charge on any atom is 0.296 e. The Hall–Kier alpha value is -2.11. The fraction of sp³-hybridized carbons (Fsp3) is 0.364. The van der Waals surface area contributed by atoms with Crippen molar-refractivity contribution < 1.29 is 9.34 Å². The molecule has 1 aromatic carbocycles. The molecule has 0 amide bonds. The number of rotatable bonds is 3. The lowest BCUT2D eigenvalue weighted by molar-refractivity contribution is -0.384. The van der Waals surface area contributed by atoms with E-state index in [2.05, 4.69) is 17.2 Å². The second-order valence-corrected chi connectivity index (χ2v) is 4.61. The van der Waals surface area contributed by atoms with Crippen LogP contribution >= 0.6 is 0 Å². The van der Waals surface area contributed by atoms with Gasteiger partial charge in [0, 0.05) is 17.7 Å². The summed E-state index contributed by atoms with van der Waals surface area (Å²) >= 11 is 0. The monoisotopic (exact) mass is 233 g/mol. The van der Waals surface area contributed by atoms with Crippen LogP contribution in [0.15, 0.2) is 22.6 Å². The molecule has 1 fully saturated rings. The van der Waals surface area contributed by atoms with E-state index in [1.54, 1.807) is 6.07 Å². The van der Waals surface area contributed by atoms with Gasteiger partial charge in [0.15, 0.2) is 5.58 Å². The highest BCUT2D eigenvalue weighted by atomic mass is 16.6. The Morgan fingerprint density at radius 2 is 2.29 bits per heavy atom. The smallest absolute Gasteiger partial charge is 0.296 e. The third-order valence-electron chi connectivity index (χ3n) is 2.99. The predicted octanol–water partition coefficient (Wildman–Crippen LogP) is 2.70. The second-order valence-electron chi connectivity index (χ2n) is 4.61. The molecule has 1 aromatic heterocycles. The van der Waals surface area contributed by atoms with Gasteiger partial charge < -0.3 is 9.73 Å². The molecule has 1 heterocycles. The van der Waals surface area contributed by atoms with Crippen molar-refractivity contribution in [3.63, 3.8) is 0 Å². The summed E-state index contributed by atoms with van der Waals surface area (Å²) in [5.74, 6) is 0. The quantitative estimate of drug-likeness (QED) is 0.651. The second kappa shape index (κ2) is 3.19. The predicted molar refractivity (Wildman–Crippen MR) is 61.9 cm³/mol. The topological polar surface area (TPSA) is 81.2 Å². The fourth-order valence-corrected chi connectivity index (χ4v) is 1.65. The van der Waals surface area contributed by atoms with Crippen LogP contribution in [-0.2, 0) is 0 Å². The van der Waals surface area contributed by atoms with Crippen molar-refractivity contribution in [1.29, 1.82) is 0 Å². The zero-order chi connectivity index (χ0) is 12.0. The fourth-order valence-electron chi connectivity index (χ4n) is 1.65. The highest BCUT2D eigenvalue weighted by molar-refractivity contribution is 5.77. The number of anilines is 1. The Bertz CT molecular complexity index is 601. The van der Waals surface area contributed by atoms with Crippen molar-refractivity contribution in [2.45, 2.75) is 25.3 Å². The van der Waals surface area contributed by atoms with Gasteiger partial charge in [-0.2, -0.15) is 4.98 Å². The van der Waals surface area contributed by atoms with E-state index in [-0.39, 0.29) is 11.2 Å². The molecule has 3 rings (SSSR count). The van der Waals surface area contributed by atoms with Crippen LogP contribution in [0.4, 0.5) is 11.7 Å². The van der Waals surface area contributed by atoms with Gasteiger partial charge in [-0.3, -0.25) is 10.1 Å². The molecule has 0 aliphatic heterocycles. The highest BCUT2D eigenvalue weighted by Crippen LogP contribution is 2.38. The number of nitrogens with zero attached hydrogens (tertiary/aromatic N) is 2. The zero-order valence-corrected chi connectivity index (χ0v) is 9.27. The average molecular weight is 233 g/mol. The minimum absolute atomic E-state index is 0.0231. The van der Waals surface area contributed by atoms with E-state index in [4.69, 9.17) is 4.42 Å². The first kappa shape index (κ1) is 10.1. The molecule has 0 spiro atoms.